The van der Waals surface area contributed by atoms with Gasteiger partial charge in [0.2, 0.25) is 0 Å². The average molecular weight is 258 g/mol. The minimum absolute atomic E-state index is 0. The molecule has 0 spiro atoms. The van der Waals surface area contributed by atoms with Crippen LogP contribution < -0.4 is 5.73 Å². The van der Waals surface area contributed by atoms with Gasteiger partial charge in [-0.2, -0.15) is 0 Å². The third-order valence-electron chi connectivity index (χ3n) is 1.70. The Bertz CT molecular complexity index is 276. The van der Waals surface area contributed by atoms with Crippen molar-refractivity contribution in [2.24, 2.45) is 5.73 Å². The van der Waals surface area contributed by atoms with Crippen LogP contribution in [-0.2, 0) is 0 Å². The number of aliphatic hydroxyl groups is 1. The fourth-order valence-electron chi connectivity index (χ4n) is 1.06. The van der Waals surface area contributed by atoms with Gasteiger partial charge in [-0.3, -0.25) is 4.98 Å². The van der Waals surface area contributed by atoms with E-state index in [1.807, 2.05) is 0 Å². The molecule has 6 heteroatoms. The van der Waals surface area contributed by atoms with E-state index in [1.54, 1.807) is 0 Å². The van der Waals surface area contributed by atoms with E-state index in [4.69, 9.17) is 34.0 Å². The fourth-order valence-corrected chi connectivity index (χ4v) is 1.70. The maximum absolute atomic E-state index is 8.70. The van der Waals surface area contributed by atoms with Crippen molar-refractivity contribution >= 4 is 35.6 Å². The van der Waals surface area contributed by atoms with Gasteiger partial charge in [-0.05, 0) is 6.42 Å². The molecule has 1 aromatic heterocycles. The van der Waals surface area contributed by atoms with Crippen LogP contribution in [0.15, 0.2) is 12.4 Å². The Hall–Kier alpha value is -0.0600. The van der Waals surface area contributed by atoms with Gasteiger partial charge in [-0.15, -0.1) is 12.4 Å². The van der Waals surface area contributed by atoms with Gasteiger partial charge in [0, 0.05) is 30.6 Å². The number of aromatic nitrogens is 1. The van der Waals surface area contributed by atoms with Gasteiger partial charge in [-0.25, -0.2) is 0 Å². The summed E-state index contributed by atoms with van der Waals surface area (Å²) in [6.07, 6.45) is 3.41. The van der Waals surface area contributed by atoms with Gasteiger partial charge in [0.05, 0.1) is 10.0 Å². The van der Waals surface area contributed by atoms with Crippen molar-refractivity contribution in [3.8, 4) is 0 Å². The number of halogens is 3. The largest absolute Gasteiger partial charge is 0.396 e. The lowest BCUT2D eigenvalue weighted by molar-refractivity contribution is 0.276. The number of aliphatic hydroxyl groups excluding tert-OH is 1. The van der Waals surface area contributed by atoms with E-state index < -0.39 is 0 Å². The summed E-state index contributed by atoms with van der Waals surface area (Å²) in [6.45, 7) is 0.0101. The minimum Gasteiger partial charge on any atom is -0.396 e. The van der Waals surface area contributed by atoms with Crippen LogP contribution in [0.3, 0.4) is 0 Å². The summed E-state index contributed by atoms with van der Waals surface area (Å²) in [7, 11) is 0. The smallest absolute Gasteiger partial charge is 0.0651 e. The molecule has 1 rings (SSSR count). The number of nitrogens with two attached hydrogens (primary N) is 1. The molecule has 3 nitrogen and oxygen atoms in total. The van der Waals surface area contributed by atoms with Crippen molar-refractivity contribution in [1.82, 2.24) is 4.98 Å². The molecule has 0 saturated heterocycles. The molecule has 0 unspecified atom stereocenters. The van der Waals surface area contributed by atoms with Crippen molar-refractivity contribution < 1.29 is 5.11 Å². The SMILES string of the molecule is Cl.N[C@@H](CCO)c1c(Cl)cncc1Cl. The first-order valence-electron chi connectivity index (χ1n) is 3.82. The zero-order valence-corrected chi connectivity index (χ0v) is 9.61. The van der Waals surface area contributed by atoms with E-state index in [9.17, 15) is 0 Å². The summed E-state index contributed by atoms with van der Waals surface area (Å²) in [6, 6.07) is -0.340. The summed E-state index contributed by atoms with van der Waals surface area (Å²) in [5, 5.41) is 9.57. The van der Waals surface area contributed by atoms with E-state index >= 15 is 0 Å². The molecule has 0 radical (unpaired) electrons. The van der Waals surface area contributed by atoms with Crippen molar-refractivity contribution in [2.75, 3.05) is 6.61 Å². The van der Waals surface area contributed by atoms with E-state index in [0.29, 0.717) is 22.0 Å². The first kappa shape index (κ1) is 13.9. The Morgan fingerprint density at radius 2 is 1.86 bits per heavy atom. The molecular formula is C8H11Cl3N2O. The second-order valence-corrected chi connectivity index (χ2v) is 3.45. The summed E-state index contributed by atoms with van der Waals surface area (Å²) in [4.78, 5) is 3.81. The molecule has 1 heterocycles. The number of rotatable bonds is 3. The highest BCUT2D eigenvalue weighted by atomic mass is 35.5. The molecule has 0 amide bonds. The zero-order valence-electron chi connectivity index (χ0n) is 7.28. The fraction of sp³-hybridized carbons (Fsp3) is 0.375. The van der Waals surface area contributed by atoms with Gasteiger partial charge in [-0.1, -0.05) is 23.2 Å². The molecule has 1 atom stereocenters. The molecule has 0 aromatic carbocycles. The average Bonchev–Trinajstić information content (AvgIpc) is 2.04. The summed E-state index contributed by atoms with van der Waals surface area (Å²) < 4.78 is 0. The summed E-state index contributed by atoms with van der Waals surface area (Å²) >= 11 is 11.7. The van der Waals surface area contributed by atoms with Gasteiger partial charge >= 0.3 is 0 Å². The highest BCUT2D eigenvalue weighted by molar-refractivity contribution is 6.35. The first-order chi connectivity index (χ1) is 6.16. The third-order valence-corrected chi connectivity index (χ3v) is 2.30. The van der Waals surface area contributed by atoms with E-state index in [2.05, 4.69) is 4.98 Å². The molecule has 0 fully saturated rings. The second-order valence-electron chi connectivity index (χ2n) is 2.64. The van der Waals surface area contributed by atoms with Crippen LogP contribution in [0.4, 0.5) is 0 Å². The molecule has 14 heavy (non-hydrogen) atoms. The van der Waals surface area contributed by atoms with Crippen LogP contribution in [0.1, 0.15) is 18.0 Å². The Morgan fingerprint density at radius 1 is 1.36 bits per heavy atom. The van der Waals surface area contributed by atoms with E-state index in [1.165, 1.54) is 12.4 Å². The van der Waals surface area contributed by atoms with Crippen LogP contribution in [0.5, 0.6) is 0 Å². The monoisotopic (exact) mass is 256 g/mol. The Morgan fingerprint density at radius 3 is 2.29 bits per heavy atom. The number of nitrogens with zero attached hydrogens (tertiary/aromatic N) is 1. The highest BCUT2D eigenvalue weighted by Crippen LogP contribution is 2.29. The van der Waals surface area contributed by atoms with E-state index in [0.717, 1.165) is 0 Å². The molecule has 1 aromatic rings. The van der Waals surface area contributed by atoms with Crippen molar-refractivity contribution in [2.45, 2.75) is 12.5 Å². The van der Waals surface area contributed by atoms with Crippen molar-refractivity contribution in [3.63, 3.8) is 0 Å². The molecule has 0 saturated carbocycles. The highest BCUT2D eigenvalue weighted by Gasteiger charge is 2.13. The standard InChI is InChI=1S/C8H10Cl2N2O.ClH/c9-5-3-12-4-6(10)8(5)7(11)1-2-13;/h3-4,7,13H,1-2,11H2;1H/t7-;/m0./s1. The molecule has 0 aliphatic rings. The first-order valence-corrected chi connectivity index (χ1v) is 4.57. The summed E-state index contributed by atoms with van der Waals surface area (Å²) in [5.74, 6) is 0. The van der Waals surface area contributed by atoms with Crippen molar-refractivity contribution in [1.29, 1.82) is 0 Å². The van der Waals surface area contributed by atoms with Crippen LogP contribution >= 0.6 is 35.6 Å². The second kappa shape index (κ2) is 6.43. The summed E-state index contributed by atoms with van der Waals surface area (Å²) in [5.41, 5.74) is 6.40. The van der Waals surface area contributed by atoms with Crippen molar-refractivity contribution in [3.05, 3.63) is 28.0 Å². The number of pyridine rings is 1. The quantitative estimate of drug-likeness (QED) is 0.873. The van der Waals surface area contributed by atoms with Gasteiger partial charge < -0.3 is 10.8 Å². The van der Waals surface area contributed by atoms with Crippen LogP contribution in [0.2, 0.25) is 10.0 Å². The number of hydrogen-bond donors (Lipinski definition) is 2. The third kappa shape index (κ3) is 3.26. The molecular weight excluding hydrogens is 246 g/mol. The zero-order chi connectivity index (χ0) is 9.84. The number of hydrogen-bond acceptors (Lipinski definition) is 3. The van der Waals surface area contributed by atoms with E-state index in [-0.39, 0.29) is 25.1 Å². The predicted molar refractivity (Wildman–Crippen MR) is 60.1 cm³/mol. The Kier molecular flexibility index (Phi) is 6.40. The van der Waals surface area contributed by atoms with Crippen LogP contribution in [0.25, 0.3) is 0 Å². The van der Waals surface area contributed by atoms with Gasteiger partial charge in [0.25, 0.3) is 0 Å². The molecule has 80 valence electrons. The molecule has 0 aliphatic carbocycles. The topological polar surface area (TPSA) is 59.1 Å². The lowest BCUT2D eigenvalue weighted by atomic mass is 10.1. The lowest BCUT2D eigenvalue weighted by Gasteiger charge is -2.13. The normalized spacial score (nSPS) is 12.0. The maximum atomic E-state index is 8.70. The van der Waals surface area contributed by atoms with Crippen LogP contribution in [0, 0.1) is 0 Å². The molecule has 0 aliphatic heterocycles. The Balaban J connectivity index is 0.00000169. The van der Waals surface area contributed by atoms with Gasteiger partial charge in [0.15, 0.2) is 0 Å². The predicted octanol–water partition coefficient (Wildman–Crippen LogP) is 2.19. The minimum atomic E-state index is -0.340. The van der Waals surface area contributed by atoms with Gasteiger partial charge in [0.1, 0.15) is 0 Å². The Labute approximate surface area is 98.6 Å². The molecule has 3 N–H and O–H groups in total. The maximum Gasteiger partial charge on any atom is 0.0651 e. The lowest BCUT2D eigenvalue weighted by Crippen LogP contribution is -2.13. The molecule has 0 bridgehead atoms. The van der Waals surface area contributed by atoms with Crippen LogP contribution in [-0.4, -0.2) is 16.7 Å².